The van der Waals surface area contributed by atoms with E-state index in [-0.39, 0.29) is 23.4 Å². The van der Waals surface area contributed by atoms with E-state index in [0.29, 0.717) is 29.6 Å². The molecule has 160 valence electrons. The standard InChI is InChI=1S/C20H22ClFN4O4/c1-20(2)29-15-13(8-27)28-19(16(15)30-20)26-4-3-11-14(24-10-5-9(22)6-10)12(7-23)17(21)25-18(11)26/h3-4,9-10,13,15-16,19,27H,5-6,8H2,1-2H3,(H,24,25)/t9?,10?,13-,15-,16-,19-/m1/s1. The van der Waals surface area contributed by atoms with E-state index in [4.69, 9.17) is 25.8 Å². The van der Waals surface area contributed by atoms with Crippen molar-refractivity contribution in [1.82, 2.24) is 9.55 Å². The van der Waals surface area contributed by atoms with Gasteiger partial charge in [0.1, 0.15) is 41.8 Å². The molecular formula is C20H22ClFN4O4. The highest BCUT2D eigenvalue weighted by Crippen LogP contribution is 2.45. The largest absolute Gasteiger partial charge is 0.394 e. The minimum atomic E-state index is -0.826. The van der Waals surface area contributed by atoms with E-state index in [1.165, 1.54) is 0 Å². The molecule has 0 unspecified atom stereocenters. The van der Waals surface area contributed by atoms with Gasteiger partial charge in [0.2, 0.25) is 0 Å². The molecule has 5 rings (SSSR count). The molecule has 0 radical (unpaired) electrons. The minimum absolute atomic E-state index is 0.0562. The molecule has 2 aliphatic heterocycles. The summed E-state index contributed by atoms with van der Waals surface area (Å²) in [4.78, 5) is 4.43. The number of nitriles is 1. The molecule has 3 fully saturated rings. The zero-order valence-electron chi connectivity index (χ0n) is 16.5. The van der Waals surface area contributed by atoms with Gasteiger partial charge in [-0.05, 0) is 32.8 Å². The number of nitrogens with one attached hydrogen (secondary N) is 1. The lowest BCUT2D eigenvalue weighted by atomic mass is 9.90. The van der Waals surface area contributed by atoms with Crippen molar-refractivity contribution >= 4 is 28.3 Å². The molecule has 3 aliphatic rings. The zero-order valence-corrected chi connectivity index (χ0v) is 17.3. The highest BCUT2D eigenvalue weighted by Gasteiger charge is 2.55. The van der Waals surface area contributed by atoms with Crippen LogP contribution in [0.4, 0.5) is 10.1 Å². The van der Waals surface area contributed by atoms with E-state index in [1.54, 1.807) is 10.8 Å². The third kappa shape index (κ3) is 3.06. The molecule has 2 aromatic rings. The maximum atomic E-state index is 13.3. The lowest BCUT2D eigenvalue weighted by molar-refractivity contribution is -0.199. The molecule has 30 heavy (non-hydrogen) atoms. The van der Waals surface area contributed by atoms with Gasteiger partial charge in [-0.15, -0.1) is 0 Å². The van der Waals surface area contributed by atoms with Gasteiger partial charge >= 0.3 is 0 Å². The van der Waals surface area contributed by atoms with Crippen LogP contribution in [0.15, 0.2) is 12.3 Å². The van der Waals surface area contributed by atoms with E-state index in [2.05, 4.69) is 16.4 Å². The molecule has 2 saturated heterocycles. The molecule has 2 N–H and O–H groups in total. The predicted molar refractivity (Wildman–Crippen MR) is 106 cm³/mol. The topological polar surface area (TPSA) is 102 Å². The Morgan fingerprint density at radius 1 is 1.40 bits per heavy atom. The van der Waals surface area contributed by atoms with Crippen LogP contribution in [0.1, 0.15) is 38.5 Å². The monoisotopic (exact) mass is 436 g/mol. The second-order valence-electron chi connectivity index (χ2n) is 8.45. The van der Waals surface area contributed by atoms with Gasteiger partial charge in [-0.1, -0.05) is 11.6 Å². The molecule has 1 aliphatic carbocycles. The second-order valence-corrected chi connectivity index (χ2v) is 8.81. The van der Waals surface area contributed by atoms with E-state index in [9.17, 15) is 14.8 Å². The van der Waals surface area contributed by atoms with Crippen LogP contribution in [0, 0.1) is 11.3 Å². The van der Waals surface area contributed by atoms with Crippen LogP contribution >= 0.6 is 11.6 Å². The molecule has 0 amide bonds. The molecule has 8 nitrogen and oxygen atoms in total. The van der Waals surface area contributed by atoms with Gasteiger partial charge < -0.3 is 29.2 Å². The molecule has 10 heteroatoms. The number of ether oxygens (including phenoxy) is 3. The summed E-state index contributed by atoms with van der Waals surface area (Å²) in [5.41, 5.74) is 1.28. The fourth-order valence-electron chi connectivity index (χ4n) is 4.50. The molecule has 2 aromatic heterocycles. The van der Waals surface area contributed by atoms with Gasteiger partial charge in [0.25, 0.3) is 0 Å². The number of fused-ring (bicyclic) bond motifs is 2. The average molecular weight is 437 g/mol. The Morgan fingerprint density at radius 2 is 2.13 bits per heavy atom. The Kier molecular flexibility index (Phi) is 4.69. The first kappa shape index (κ1) is 20.0. The quantitative estimate of drug-likeness (QED) is 0.710. The maximum absolute atomic E-state index is 13.3. The summed E-state index contributed by atoms with van der Waals surface area (Å²) in [5, 5.41) is 23.3. The number of aromatic nitrogens is 2. The van der Waals surface area contributed by atoms with E-state index in [1.807, 2.05) is 19.9 Å². The first-order valence-electron chi connectivity index (χ1n) is 9.94. The predicted octanol–water partition coefficient (Wildman–Crippen LogP) is 2.88. The number of aliphatic hydroxyl groups excluding tert-OH is 1. The average Bonchev–Trinajstić information content (AvgIpc) is 3.30. The van der Waals surface area contributed by atoms with E-state index < -0.39 is 36.5 Å². The molecule has 0 bridgehead atoms. The third-order valence-electron chi connectivity index (χ3n) is 5.94. The third-order valence-corrected chi connectivity index (χ3v) is 6.21. The number of pyridine rings is 1. The van der Waals surface area contributed by atoms with Crippen molar-refractivity contribution in [3.05, 3.63) is 23.0 Å². The summed E-state index contributed by atoms with van der Waals surface area (Å²) >= 11 is 6.33. The Hall–Kier alpha value is -1.96. The molecule has 1 saturated carbocycles. The van der Waals surface area contributed by atoms with Crippen LogP contribution in [0.5, 0.6) is 0 Å². The van der Waals surface area contributed by atoms with Crippen LogP contribution in [-0.4, -0.2) is 57.6 Å². The van der Waals surface area contributed by atoms with Crippen LogP contribution in [-0.2, 0) is 14.2 Å². The van der Waals surface area contributed by atoms with Crippen LogP contribution < -0.4 is 5.32 Å². The maximum Gasteiger partial charge on any atom is 0.164 e. The van der Waals surface area contributed by atoms with Crippen molar-refractivity contribution in [1.29, 1.82) is 5.26 Å². The van der Waals surface area contributed by atoms with Crippen molar-refractivity contribution in [2.45, 2.75) is 69.2 Å². The Bertz CT molecular complexity index is 1030. The van der Waals surface area contributed by atoms with Crippen molar-refractivity contribution in [2.75, 3.05) is 11.9 Å². The lowest BCUT2D eigenvalue weighted by Crippen LogP contribution is -2.36. The van der Waals surface area contributed by atoms with Crippen molar-refractivity contribution in [3.8, 4) is 6.07 Å². The summed E-state index contributed by atoms with van der Waals surface area (Å²) < 4.78 is 33.1. The van der Waals surface area contributed by atoms with Crippen LogP contribution in [0.25, 0.3) is 11.0 Å². The second kappa shape index (κ2) is 7.04. The lowest BCUT2D eigenvalue weighted by Gasteiger charge is -2.31. The number of aliphatic hydroxyl groups is 1. The van der Waals surface area contributed by atoms with Crippen LogP contribution in [0.3, 0.4) is 0 Å². The summed E-state index contributed by atoms with van der Waals surface area (Å²) in [6.07, 6.45) is -0.254. The summed E-state index contributed by atoms with van der Waals surface area (Å²) in [7, 11) is 0. The zero-order chi connectivity index (χ0) is 21.2. The highest BCUT2D eigenvalue weighted by atomic mass is 35.5. The molecule has 4 heterocycles. The Morgan fingerprint density at radius 3 is 2.80 bits per heavy atom. The van der Waals surface area contributed by atoms with Crippen molar-refractivity contribution < 1.29 is 23.7 Å². The van der Waals surface area contributed by atoms with E-state index >= 15 is 0 Å². The van der Waals surface area contributed by atoms with Gasteiger partial charge in [-0.25, -0.2) is 9.37 Å². The molecule has 0 spiro atoms. The number of halogens is 2. The number of rotatable bonds is 4. The molecule has 4 atom stereocenters. The highest BCUT2D eigenvalue weighted by molar-refractivity contribution is 6.31. The molecule has 0 aromatic carbocycles. The molecular weight excluding hydrogens is 415 g/mol. The van der Waals surface area contributed by atoms with Gasteiger partial charge in [-0.3, -0.25) is 0 Å². The Balaban J connectivity index is 1.56. The summed E-state index contributed by atoms with van der Waals surface area (Å²) in [6, 6.07) is 3.85. The van der Waals surface area contributed by atoms with Gasteiger partial charge in [-0.2, -0.15) is 5.26 Å². The number of anilines is 1. The van der Waals surface area contributed by atoms with Gasteiger partial charge in [0.05, 0.1) is 12.3 Å². The van der Waals surface area contributed by atoms with Gasteiger partial charge in [0, 0.05) is 17.6 Å². The fraction of sp³-hybridized carbons (Fsp3) is 0.600. The Labute approximate surface area is 177 Å². The fourth-order valence-corrected chi connectivity index (χ4v) is 4.71. The SMILES string of the molecule is CC1(C)O[C@@H]2[C@H](O1)[C@@H](CO)O[C@H]2n1ccc2c(NC3CC(F)C3)c(C#N)c(Cl)nc21. The first-order chi connectivity index (χ1) is 14.3. The van der Waals surface area contributed by atoms with Crippen molar-refractivity contribution in [3.63, 3.8) is 0 Å². The smallest absolute Gasteiger partial charge is 0.164 e. The first-order valence-corrected chi connectivity index (χ1v) is 10.3. The number of hydrogen-bond donors (Lipinski definition) is 2. The van der Waals surface area contributed by atoms with E-state index in [0.717, 1.165) is 0 Å². The van der Waals surface area contributed by atoms with Crippen LogP contribution in [0.2, 0.25) is 5.15 Å². The number of nitrogens with zero attached hydrogens (tertiary/aromatic N) is 3. The minimum Gasteiger partial charge on any atom is -0.394 e. The summed E-state index contributed by atoms with van der Waals surface area (Å²) in [6.45, 7) is 3.43. The summed E-state index contributed by atoms with van der Waals surface area (Å²) in [5.74, 6) is -0.799. The number of hydrogen-bond acceptors (Lipinski definition) is 7. The number of alkyl halides is 1. The normalized spacial score (nSPS) is 34.5. The van der Waals surface area contributed by atoms with Crippen molar-refractivity contribution in [2.24, 2.45) is 0 Å². The van der Waals surface area contributed by atoms with Gasteiger partial charge in [0.15, 0.2) is 17.2 Å².